The van der Waals surface area contributed by atoms with Crippen molar-refractivity contribution >= 4 is 31.3 Å². The average molecular weight is 418 g/mol. The van der Waals surface area contributed by atoms with E-state index in [1.807, 2.05) is 23.7 Å². The molecule has 0 spiro atoms. The summed E-state index contributed by atoms with van der Waals surface area (Å²) >= 11 is 1.60. The Morgan fingerprint density at radius 1 is 1.32 bits per heavy atom. The molecular weight excluding hydrogens is 390 g/mol. The Hall–Kier alpha value is -2.03. The van der Waals surface area contributed by atoms with Gasteiger partial charge in [-0.2, -0.15) is 0 Å². The largest absolute Gasteiger partial charge is 0.461 e. The highest BCUT2D eigenvalue weighted by atomic mass is 32.1. The van der Waals surface area contributed by atoms with Gasteiger partial charge in [0.15, 0.2) is 14.0 Å². The molecule has 0 saturated carbocycles. The minimum Gasteiger partial charge on any atom is -0.461 e. The summed E-state index contributed by atoms with van der Waals surface area (Å²) in [6.45, 7) is 13.9. The first-order valence-corrected chi connectivity index (χ1v) is 13.1. The molecular formula is C20H27N3O3SSi. The summed E-state index contributed by atoms with van der Waals surface area (Å²) in [5, 5.41) is 3.18. The number of fused-ring (bicyclic) bond motifs is 1. The van der Waals surface area contributed by atoms with E-state index < -0.39 is 8.32 Å². The van der Waals surface area contributed by atoms with Crippen LogP contribution in [0.25, 0.3) is 16.9 Å². The normalized spacial score (nSPS) is 12.5. The van der Waals surface area contributed by atoms with Crippen molar-refractivity contribution in [1.29, 1.82) is 0 Å². The molecule has 150 valence electrons. The molecule has 0 bridgehead atoms. The molecule has 0 aliphatic rings. The summed E-state index contributed by atoms with van der Waals surface area (Å²) in [6.07, 6.45) is 3.37. The minimum atomic E-state index is -1.80. The lowest BCUT2D eigenvalue weighted by molar-refractivity contribution is 0.0518. The fourth-order valence-electron chi connectivity index (χ4n) is 2.46. The number of aromatic nitrogens is 3. The van der Waals surface area contributed by atoms with E-state index in [1.54, 1.807) is 22.7 Å². The lowest BCUT2D eigenvalue weighted by atomic mass is 10.2. The maximum atomic E-state index is 12.0. The third-order valence-electron chi connectivity index (χ3n) is 5.21. The SMILES string of the molecule is CCOC(=O)c1cnc2cc(-c3csc(CO[Si](C)(C)C(C)(C)C)n3)ccn12. The molecule has 0 amide bonds. The molecule has 0 aliphatic heterocycles. The van der Waals surface area contributed by atoms with Crippen LogP contribution in [0.2, 0.25) is 18.1 Å². The first kappa shape index (κ1) is 20.7. The number of ether oxygens (including phenoxy) is 1. The molecule has 28 heavy (non-hydrogen) atoms. The van der Waals surface area contributed by atoms with Crippen molar-refractivity contribution in [2.45, 2.75) is 52.4 Å². The molecule has 0 N–H and O–H groups in total. The van der Waals surface area contributed by atoms with Crippen LogP contribution in [-0.4, -0.2) is 35.3 Å². The van der Waals surface area contributed by atoms with Crippen LogP contribution in [0, 0.1) is 0 Å². The third-order valence-corrected chi connectivity index (χ3v) is 10.5. The molecule has 8 heteroatoms. The highest BCUT2D eigenvalue weighted by molar-refractivity contribution is 7.09. The number of hydrogen-bond donors (Lipinski definition) is 0. The molecule has 3 aromatic heterocycles. The van der Waals surface area contributed by atoms with Crippen LogP contribution in [0.3, 0.4) is 0 Å². The Bertz CT molecular complexity index is 988. The molecule has 0 saturated heterocycles. The van der Waals surface area contributed by atoms with Gasteiger partial charge in [-0.15, -0.1) is 11.3 Å². The second kappa shape index (κ2) is 7.77. The van der Waals surface area contributed by atoms with Gasteiger partial charge in [0.1, 0.15) is 10.7 Å². The molecule has 0 fully saturated rings. The molecule has 0 aromatic carbocycles. The van der Waals surface area contributed by atoms with Gasteiger partial charge >= 0.3 is 5.97 Å². The van der Waals surface area contributed by atoms with E-state index in [9.17, 15) is 4.79 Å². The number of carbonyl (C=O) groups excluding carboxylic acids is 1. The van der Waals surface area contributed by atoms with E-state index in [-0.39, 0.29) is 11.0 Å². The number of carbonyl (C=O) groups is 1. The lowest BCUT2D eigenvalue weighted by Crippen LogP contribution is -2.40. The van der Waals surface area contributed by atoms with Crippen LogP contribution < -0.4 is 0 Å². The van der Waals surface area contributed by atoms with Gasteiger partial charge in [0, 0.05) is 17.1 Å². The number of pyridine rings is 1. The van der Waals surface area contributed by atoms with Crippen molar-refractivity contribution in [2.75, 3.05) is 6.61 Å². The summed E-state index contributed by atoms with van der Waals surface area (Å²) in [5.74, 6) is -0.374. The smallest absolute Gasteiger partial charge is 0.356 e. The minimum absolute atomic E-state index is 0.176. The summed E-state index contributed by atoms with van der Waals surface area (Å²) in [7, 11) is -1.80. The van der Waals surface area contributed by atoms with Gasteiger partial charge in [-0.3, -0.25) is 4.40 Å². The van der Waals surface area contributed by atoms with Crippen molar-refractivity contribution in [3.05, 3.63) is 40.6 Å². The van der Waals surface area contributed by atoms with Gasteiger partial charge in [-0.05, 0) is 37.2 Å². The first-order chi connectivity index (χ1) is 13.1. The number of thiazole rings is 1. The van der Waals surface area contributed by atoms with Crippen LogP contribution in [0.15, 0.2) is 29.9 Å². The van der Waals surface area contributed by atoms with Crippen LogP contribution >= 0.6 is 11.3 Å². The number of hydrogen-bond acceptors (Lipinski definition) is 6. The van der Waals surface area contributed by atoms with Crippen molar-refractivity contribution in [3.63, 3.8) is 0 Å². The monoisotopic (exact) mass is 417 g/mol. The Morgan fingerprint density at radius 3 is 2.75 bits per heavy atom. The maximum absolute atomic E-state index is 12.0. The Morgan fingerprint density at radius 2 is 2.07 bits per heavy atom. The quantitative estimate of drug-likeness (QED) is 0.409. The van der Waals surface area contributed by atoms with Gasteiger partial charge < -0.3 is 9.16 Å². The maximum Gasteiger partial charge on any atom is 0.356 e. The summed E-state index contributed by atoms with van der Waals surface area (Å²) < 4.78 is 13.1. The Balaban J connectivity index is 1.78. The summed E-state index contributed by atoms with van der Waals surface area (Å²) in [5.41, 5.74) is 2.96. The molecule has 0 atom stereocenters. The van der Waals surface area contributed by atoms with E-state index in [0.717, 1.165) is 16.3 Å². The van der Waals surface area contributed by atoms with E-state index >= 15 is 0 Å². The highest BCUT2D eigenvalue weighted by Crippen LogP contribution is 2.37. The fourth-order valence-corrected chi connectivity index (χ4v) is 4.21. The predicted octanol–water partition coefficient (Wildman–Crippen LogP) is 5.16. The zero-order valence-corrected chi connectivity index (χ0v) is 19.1. The average Bonchev–Trinajstić information content (AvgIpc) is 3.25. The van der Waals surface area contributed by atoms with E-state index in [1.165, 1.54) is 6.20 Å². The third kappa shape index (κ3) is 4.18. The summed E-state index contributed by atoms with van der Waals surface area (Å²) in [6, 6.07) is 3.86. The van der Waals surface area contributed by atoms with Crippen LogP contribution in [0.5, 0.6) is 0 Å². The standard InChI is InChI=1S/C20H27N3O3SSi/c1-7-25-19(24)16-11-21-17-10-14(8-9-23(16)17)15-13-27-18(22-15)12-26-28(5,6)20(2,3)4/h8-11,13H,7,12H2,1-6H3. The van der Waals surface area contributed by atoms with Crippen LogP contribution in [0.4, 0.5) is 0 Å². The van der Waals surface area contributed by atoms with Gasteiger partial charge in [0.25, 0.3) is 0 Å². The number of imidazole rings is 1. The van der Waals surface area contributed by atoms with Gasteiger partial charge in [-0.1, -0.05) is 20.8 Å². The zero-order chi connectivity index (χ0) is 20.5. The molecule has 3 rings (SSSR count). The second-order valence-corrected chi connectivity index (χ2v) is 13.9. The number of esters is 1. The number of nitrogens with zero attached hydrogens (tertiary/aromatic N) is 3. The fraction of sp³-hybridized carbons (Fsp3) is 0.450. The molecule has 0 aliphatic carbocycles. The van der Waals surface area contributed by atoms with Crippen LogP contribution in [0.1, 0.15) is 43.2 Å². The molecule has 3 heterocycles. The summed E-state index contributed by atoms with van der Waals surface area (Å²) in [4.78, 5) is 21.1. The van der Waals surface area contributed by atoms with Crippen molar-refractivity contribution in [1.82, 2.24) is 14.4 Å². The molecule has 6 nitrogen and oxygen atoms in total. The number of rotatable bonds is 6. The lowest BCUT2D eigenvalue weighted by Gasteiger charge is -2.35. The van der Waals surface area contributed by atoms with Gasteiger partial charge in [0.2, 0.25) is 0 Å². The predicted molar refractivity (Wildman–Crippen MR) is 114 cm³/mol. The Kier molecular flexibility index (Phi) is 5.74. The van der Waals surface area contributed by atoms with Crippen LogP contribution in [-0.2, 0) is 15.8 Å². The second-order valence-electron chi connectivity index (χ2n) is 8.18. The Labute approximate surface area is 170 Å². The van der Waals surface area contributed by atoms with Crippen molar-refractivity contribution < 1.29 is 14.0 Å². The molecule has 0 unspecified atom stereocenters. The molecule has 3 aromatic rings. The molecule has 0 radical (unpaired) electrons. The van der Waals surface area contributed by atoms with Gasteiger partial charge in [0.05, 0.1) is 25.1 Å². The first-order valence-electron chi connectivity index (χ1n) is 9.35. The van der Waals surface area contributed by atoms with Gasteiger partial charge in [-0.25, -0.2) is 14.8 Å². The van der Waals surface area contributed by atoms with Crippen molar-refractivity contribution in [2.24, 2.45) is 0 Å². The topological polar surface area (TPSA) is 65.7 Å². The van der Waals surface area contributed by atoms with E-state index in [2.05, 4.69) is 38.8 Å². The highest BCUT2D eigenvalue weighted by Gasteiger charge is 2.37. The van der Waals surface area contributed by atoms with E-state index in [4.69, 9.17) is 14.1 Å². The van der Waals surface area contributed by atoms with E-state index in [0.29, 0.717) is 24.6 Å². The zero-order valence-electron chi connectivity index (χ0n) is 17.3. The van der Waals surface area contributed by atoms with Crippen molar-refractivity contribution in [3.8, 4) is 11.3 Å².